The van der Waals surface area contributed by atoms with Gasteiger partial charge in [-0.15, -0.1) is 0 Å². The Morgan fingerprint density at radius 2 is 2.04 bits per heavy atom. The number of likely N-dealkylation sites (tertiary alicyclic amines) is 1. The molecule has 0 aromatic heterocycles. The van der Waals surface area contributed by atoms with Gasteiger partial charge in [0.25, 0.3) is 0 Å². The van der Waals surface area contributed by atoms with Crippen LogP contribution in [0.4, 0.5) is 11.4 Å². The quantitative estimate of drug-likeness (QED) is 0.491. The van der Waals surface area contributed by atoms with E-state index in [9.17, 15) is 4.79 Å². The summed E-state index contributed by atoms with van der Waals surface area (Å²) in [5.41, 5.74) is 8.87. The average molecular weight is 331 g/mol. The number of nitrogens with two attached hydrogens (primary N) is 1. The number of hydrogen-bond acceptors (Lipinski definition) is 3. The molecule has 0 atom stereocenters. The molecule has 3 rings (SSSR count). The van der Waals surface area contributed by atoms with Crippen molar-refractivity contribution in [3.05, 3.63) is 23.8 Å². The Balaban J connectivity index is 1.50. The van der Waals surface area contributed by atoms with Crippen molar-refractivity contribution in [3.8, 4) is 0 Å². The molecule has 24 heavy (non-hydrogen) atoms. The van der Waals surface area contributed by atoms with Crippen molar-refractivity contribution in [1.82, 2.24) is 5.32 Å². The number of carbonyl (C=O) groups excluding carboxylic acids is 1. The molecule has 1 aromatic rings. The highest BCUT2D eigenvalue weighted by Gasteiger charge is 2.25. The molecule has 1 amide bonds. The maximum absolute atomic E-state index is 12.6. The maximum Gasteiger partial charge on any atom is 0.240 e. The van der Waals surface area contributed by atoms with Crippen LogP contribution in [0.1, 0.15) is 31.2 Å². The van der Waals surface area contributed by atoms with Crippen molar-refractivity contribution >= 4 is 17.3 Å². The van der Waals surface area contributed by atoms with E-state index in [-0.39, 0.29) is 5.91 Å². The van der Waals surface area contributed by atoms with Crippen LogP contribution in [0.15, 0.2) is 18.2 Å². The second-order valence-corrected chi connectivity index (χ2v) is 7.56. The second kappa shape index (κ2) is 7.53. The molecule has 1 aromatic carbocycles. The molecule has 3 N–H and O–H groups in total. The molecule has 1 fully saturated rings. The zero-order valence-corrected chi connectivity index (χ0v) is 14.9. The molecule has 2 heterocycles. The molecule has 2 aliphatic heterocycles. The van der Waals surface area contributed by atoms with Gasteiger partial charge >= 0.3 is 0 Å². The van der Waals surface area contributed by atoms with Crippen molar-refractivity contribution in [2.24, 2.45) is 0 Å². The summed E-state index contributed by atoms with van der Waals surface area (Å²) in [4.78, 5) is 14.5. The number of fused-ring (bicyclic) bond motifs is 1. The predicted molar refractivity (Wildman–Crippen MR) is 99.0 cm³/mol. The highest BCUT2D eigenvalue weighted by Crippen LogP contribution is 2.29. The number of carbonyl (C=O) groups is 1. The molecule has 2 aliphatic rings. The third-order valence-electron chi connectivity index (χ3n) is 5.53. The third kappa shape index (κ3) is 4.08. The van der Waals surface area contributed by atoms with Crippen LogP contribution in [0.5, 0.6) is 0 Å². The number of amides is 1. The maximum atomic E-state index is 12.6. The molecule has 132 valence electrons. The highest BCUT2D eigenvalue weighted by molar-refractivity contribution is 5.96. The first kappa shape index (κ1) is 17.2. The van der Waals surface area contributed by atoms with Crippen LogP contribution >= 0.6 is 0 Å². The summed E-state index contributed by atoms with van der Waals surface area (Å²) < 4.78 is 1.14. The van der Waals surface area contributed by atoms with Gasteiger partial charge in [-0.2, -0.15) is 0 Å². The summed E-state index contributed by atoms with van der Waals surface area (Å²) in [6, 6.07) is 5.92. The predicted octanol–water partition coefficient (Wildman–Crippen LogP) is 1.77. The Hall–Kier alpha value is -1.59. The van der Waals surface area contributed by atoms with Gasteiger partial charge in [0.1, 0.15) is 0 Å². The molecule has 0 spiro atoms. The standard InChI is InChI=1S/C19H31N4O/c1-23(11-3-2-4-12-23)13-9-21-15-19(24)22-10-5-6-16-7-8-17(20)14-18(16)22/h7-8,14,21H,2-6,9-13,15,20H2,1H3/q+1. The van der Waals surface area contributed by atoms with Crippen molar-refractivity contribution in [3.63, 3.8) is 0 Å². The van der Waals surface area contributed by atoms with E-state index in [1.54, 1.807) is 0 Å². The van der Waals surface area contributed by atoms with Crippen molar-refractivity contribution in [2.45, 2.75) is 32.1 Å². The summed E-state index contributed by atoms with van der Waals surface area (Å²) >= 11 is 0. The normalized spacial score (nSPS) is 19.8. The second-order valence-electron chi connectivity index (χ2n) is 7.56. The van der Waals surface area contributed by atoms with E-state index in [1.165, 1.54) is 37.9 Å². The van der Waals surface area contributed by atoms with E-state index in [0.29, 0.717) is 6.54 Å². The largest absolute Gasteiger partial charge is 0.399 e. The van der Waals surface area contributed by atoms with Gasteiger partial charge in [0.2, 0.25) is 5.91 Å². The average Bonchev–Trinajstić information content (AvgIpc) is 2.58. The lowest BCUT2D eigenvalue weighted by Crippen LogP contribution is -2.52. The third-order valence-corrected chi connectivity index (χ3v) is 5.53. The van der Waals surface area contributed by atoms with Crippen molar-refractivity contribution in [2.75, 3.05) is 56.9 Å². The summed E-state index contributed by atoms with van der Waals surface area (Å²) in [7, 11) is 2.34. The first-order chi connectivity index (χ1) is 11.6. The molecule has 0 unspecified atom stereocenters. The molecule has 0 bridgehead atoms. The molecule has 0 saturated carbocycles. The van der Waals surface area contributed by atoms with Gasteiger partial charge in [0.15, 0.2) is 0 Å². The Bertz CT molecular complexity index is 581. The SMILES string of the molecule is C[N+]1(CCNCC(=O)N2CCCc3ccc(N)cc32)CCCCC1. The fourth-order valence-electron chi connectivity index (χ4n) is 3.99. The van der Waals surface area contributed by atoms with E-state index in [0.717, 1.165) is 48.3 Å². The van der Waals surface area contributed by atoms with Crippen LogP contribution in [0, 0.1) is 0 Å². The summed E-state index contributed by atoms with van der Waals surface area (Å²) in [5.74, 6) is 0.155. The van der Waals surface area contributed by atoms with Crippen LogP contribution in [0.25, 0.3) is 0 Å². The Labute approximate surface area is 145 Å². The number of piperidine rings is 1. The van der Waals surface area contributed by atoms with E-state index in [1.807, 2.05) is 17.0 Å². The Morgan fingerprint density at radius 1 is 1.25 bits per heavy atom. The van der Waals surface area contributed by atoms with Gasteiger partial charge in [-0.3, -0.25) is 4.79 Å². The van der Waals surface area contributed by atoms with Crippen molar-refractivity contribution in [1.29, 1.82) is 0 Å². The van der Waals surface area contributed by atoms with Crippen LogP contribution in [-0.4, -0.2) is 56.7 Å². The molecule has 0 aliphatic carbocycles. The number of aryl methyl sites for hydroxylation is 1. The van der Waals surface area contributed by atoms with Crippen LogP contribution < -0.4 is 16.0 Å². The van der Waals surface area contributed by atoms with Gasteiger partial charge in [-0.1, -0.05) is 6.07 Å². The molecular formula is C19H31N4O+. The number of benzene rings is 1. The highest BCUT2D eigenvalue weighted by atomic mass is 16.2. The van der Waals surface area contributed by atoms with Gasteiger partial charge in [0, 0.05) is 24.5 Å². The van der Waals surface area contributed by atoms with Gasteiger partial charge in [-0.25, -0.2) is 0 Å². The van der Waals surface area contributed by atoms with E-state index in [2.05, 4.69) is 18.4 Å². The number of nitrogen functional groups attached to an aromatic ring is 1. The number of nitrogens with zero attached hydrogens (tertiary/aromatic N) is 2. The minimum Gasteiger partial charge on any atom is -0.399 e. The number of anilines is 2. The number of rotatable bonds is 5. The topological polar surface area (TPSA) is 58.4 Å². The number of likely N-dealkylation sites (N-methyl/N-ethyl adjacent to an activating group) is 1. The van der Waals surface area contributed by atoms with Gasteiger partial charge < -0.3 is 20.4 Å². The minimum absolute atomic E-state index is 0.155. The molecule has 5 nitrogen and oxygen atoms in total. The molecule has 5 heteroatoms. The van der Waals surface area contributed by atoms with Crippen molar-refractivity contribution < 1.29 is 9.28 Å². The van der Waals surface area contributed by atoms with Crippen LogP contribution in [0.2, 0.25) is 0 Å². The molecular weight excluding hydrogens is 300 g/mol. The van der Waals surface area contributed by atoms with Gasteiger partial charge in [0.05, 0.1) is 33.2 Å². The fraction of sp³-hybridized carbons (Fsp3) is 0.632. The zero-order chi connectivity index (χ0) is 17.0. The molecule has 1 saturated heterocycles. The Morgan fingerprint density at radius 3 is 2.83 bits per heavy atom. The Kier molecular flexibility index (Phi) is 5.41. The summed E-state index contributed by atoms with van der Waals surface area (Å²) in [5, 5.41) is 3.36. The number of quaternary nitrogens is 1. The smallest absolute Gasteiger partial charge is 0.240 e. The lowest BCUT2D eigenvalue weighted by atomic mass is 10.0. The summed E-state index contributed by atoms with van der Waals surface area (Å²) in [6.45, 7) is 5.76. The summed E-state index contributed by atoms with van der Waals surface area (Å²) in [6.07, 6.45) is 6.10. The zero-order valence-electron chi connectivity index (χ0n) is 14.9. The lowest BCUT2D eigenvalue weighted by Gasteiger charge is -2.38. The van der Waals surface area contributed by atoms with Crippen LogP contribution in [-0.2, 0) is 11.2 Å². The van der Waals surface area contributed by atoms with Crippen LogP contribution in [0.3, 0.4) is 0 Å². The monoisotopic (exact) mass is 331 g/mol. The van der Waals surface area contributed by atoms with E-state index in [4.69, 9.17) is 5.73 Å². The first-order valence-corrected chi connectivity index (χ1v) is 9.30. The minimum atomic E-state index is 0.155. The fourth-order valence-corrected chi connectivity index (χ4v) is 3.99. The van der Waals surface area contributed by atoms with Gasteiger partial charge in [-0.05, 0) is 49.8 Å². The number of nitrogens with one attached hydrogen (secondary N) is 1. The van der Waals surface area contributed by atoms with E-state index < -0.39 is 0 Å². The lowest BCUT2D eigenvalue weighted by molar-refractivity contribution is -0.912. The number of hydrogen-bond donors (Lipinski definition) is 2. The first-order valence-electron chi connectivity index (χ1n) is 9.30. The van der Waals surface area contributed by atoms with E-state index >= 15 is 0 Å². The molecule has 0 radical (unpaired) electrons.